The molecule has 71 heavy (non-hydrogen) atoms. The van der Waals surface area contributed by atoms with Crippen LogP contribution in [0, 0.1) is 5.92 Å². The predicted octanol–water partition coefficient (Wildman–Crippen LogP) is 18.9. The summed E-state index contributed by atoms with van der Waals surface area (Å²) in [6.07, 6.45) is 16.2. The lowest BCUT2D eigenvalue weighted by molar-refractivity contribution is 0.500. The maximum absolute atomic E-state index is 2.61. The van der Waals surface area contributed by atoms with Crippen molar-refractivity contribution < 1.29 is 0 Å². The highest BCUT2D eigenvalue weighted by Gasteiger charge is 2.26. The number of hydrogen-bond acceptors (Lipinski definition) is 0. The van der Waals surface area contributed by atoms with Crippen LogP contribution in [0.3, 0.4) is 0 Å². The first-order valence-corrected chi connectivity index (χ1v) is 25.4. The fourth-order valence-corrected chi connectivity index (χ4v) is 11.9. The lowest BCUT2D eigenvalue weighted by Crippen LogP contribution is -2.13. The molecule has 0 aliphatic heterocycles. The highest BCUT2D eigenvalue weighted by molar-refractivity contribution is 6.25. The number of fused-ring (bicyclic) bond motifs is 3. The Hall–Kier alpha value is -8.46. The van der Waals surface area contributed by atoms with Crippen molar-refractivity contribution in [3.05, 3.63) is 260 Å². The summed E-state index contributed by atoms with van der Waals surface area (Å²) >= 11 is 0. The second-order valence-electron chi connectivity index (χ2n) is 19.5. The molecule has 0 spiro atoms. The second-order valence-corrected chi connectivity index (χ2v) is 19.5. The Morgan fingerprint density at radius 1 is 0.408 bits per heavy atom. The van der Waals surface area contributed by atoms with Crippen molar-refractivity contribution in [2.45, 2.75) is 38.5 Å². The Morgan fingerprint density at radius 2 is 0.972 bits per heavy atom. The van der Waals surface area contributed by atoms with Gasteiger partial charge in [0.15, 0.2) is 0 Å². The molecule has 0 radical (unpaired) electrons. The standard InChI is InChI=1S/C69H54N2/c1-47-20-18-31-53(44-47)67-43-42-66(52-28-12-5-13-29-52)71(67)55-37-39-60-63(46-55)69(59-35-19-30-49-23-14-15-32-57(49)59)61-38-36-54(45-62(61)68(60)58-34-17-16-33-56(58)48-21-6-2-7-22-48)70-64(50-24-8-3-9-25-50)40-41-65(70)51-26-10-4-11-27-51/h2-4,6-12,14-30,32-43,45-47,53H,5,13,31,44H2,1H3. The van der Waals surface area contributed by atoms with Gasteiger partial charge >= 0.3 is 0 Å². The Labute approximate surface area is 416 Å². The molecule has 2 unspecified atom stereocenters. The zero-order chi connectivity index (χ0) is 47.3. The van der Waals surface area contributed by atoms with E-state index in [1.54, 1.807) is 0 Å². The lowest BCUT2D eigenvalue weighted by Gasteiger charge is -2.26. The molecule has 11 aromatic rings. The first kappa shape index (κ1) is 42.6. The summed E-state index contributed by atoms with van der Waals surface area (Å²) in [5.74, 6) is 0.954. The first-order valence-electron chi connectivity index (χ1n) is 25.4. The van der Waals surface area contributed by atoms with E-state index in [1.807, 2.05) is 0 Å². The van der Waals surface area contributed by atoms with Gasteiger partial charge in [-0.2, -0.15) is 0 Å². The van der Waals surface area contributed by atoms with E-state index >= 15 is 0 Å². The van der Waals surface area contributed by atoms with E-state index in [9.17, 15) is 0 Å². The molecular formula is C69H54N2. The van der Waals surface area contributed by atoms with Crippen molar-refractivity contribution in [2.24, 2.45) is 5.92 Å². The minimum absolute atomic E-state index is 0.420. The molecular weight excluding hydrogens is 857 g/mol. The summed E-state index contributed by atoms with van der Waals surface area (Å²) in [4.78, 5) is 0. The van der Waals surface area contributed by atoms with Crippen LogP contribution in [0.1, 0.15) is 49.9 Å². The number of nitrogens with zero attached hydrogens (tertiary/aromatic N) is 2. The molecule has 0 saturated carbocycles. The average Bonchev–Trinajstić information content (AvgIpc) is 4.10. The monoisotopic (exact) mass is 910 g/mol. The summed E-state index contributed by atoms with van der Waals surface area (Å²) in [6.45, 7) is 2.36. The van der Waals surface area contributed by atoms with Crippen molar-refractivity contribution >= 4 is 37.9 Å². The van der Waals surface area contributed by atoms with Gasteiger partial charge in [0.1, 0.15) is 0 Å². The van der Waals surface area contributed by atoms with Gasteiger partial charge in [0, 0.05) is 23.0 Å². The van der Waals surface area contributed by atoms with Crippen molar-refractivity contribution in [1.29, 1.82) is 0 Å². The van der Waals surface area contributed by atoms with E-state index in [-0.39, 0.29) is 0 Å². The van der Waals surface area contributed by atoms with Crippen molar-refractivity contribution in [2.75, 3.05) is 0 Å². The van der Waals surface area contributed by atoms with Crippen LogP contribution >= 0.6 is 0 Å². The fraction of sp³-hybridized carbons (Fsp3) is 0.101. The summed E-state index contributed by atoms with van der Waals surface area (Å²) < 4.78 is 5.07. The van der Waals surface area contributed by atoms with Crippen molar-refractivity contribution in [3.63, 3.8) is 0 Å². The second kappa shape index (κ2) is 18.1. The van der Waals surface area contributed by atoms with Gasteiger partial charge in [-0.15, -0.1) is 0 Å². The molecule has 2 heteroatoms. The van der Waals surface area contributed by atoms with Gasteiger partial charge in [0.2, 0.25) is 0 Å². The molecule has 9 aromatic carbocycles. The highest BCUT2D eigenvalue weighted by atomic mass is 15.0. The minimum atomic E-state index is 0.420. The quantitative estimate of drug-likeness (QED) is 0.101. The summed E-state index contributed by atoms with van der Waals surface area (Å²) in [5, 5.41) is 7.38. The maximum Gasteiger partial charge on any atom is 0.0535 e. The van der Waals surface area contributed by atoms with Crippen LogP contribution in [0.25, 0.3) is 105 Å². The Bertz CT molecular complexity index is 3820. The van der Waals surface area contributed by atoms with Crippen LogP contribution < -0.4 is 0 Å². The molecule has 2 heterocycles. The number of hydrogen-bond donors (Lipinski definition) is 0. The molecule has 2 aliphatic carbocycles. The van der Waals surface area contributed by atoms with Crippen LogP contribution in [-0.2, 0) is 0 Å². The molecule has 340 valence electrons. The Morgan fingerprint density at radius 3 is 1.63 bits per heavy atom. The third-order valence-electron chi connectivity index (χ3n) is 15.1. The van der Waals surface area contributed by atoms with E-state index in [1.165, 1.54) is 99.5 Å². The van der Waals surface area contributed by atoms with E-state index in [4.69, 9.17) is 0 Å². The van der Waals surface area contributed by atoms with Crippen molar-refractivity contribution in [1.82, 2.24) is 9.13 Å². The topological polar surface area (TPSA) is 9.86 Å². The van der Waals surface area contributed by atoms with Gasteiger partial charge in [-0.25, -0.2) is 0 Å². The zero-order valence-electron chi connectivity index (χ0n) is 40.0. The molecule has 0 fully saturated rings. The molecule has 2 atom stereocenters. The van der Waals surface area contributed by atoms with Crippen molar-refractivity contribution in [3.8, 4) is 67.3 Å². The van der Waals surface area contributed by atoms with Gasteiger partial charge < -0.3 is 9.13 Å². The third-order valence-corrected chi connectivity index (χ3v) is 15.1. The molecule has 0 amide bonds. The molecule has 2 nitrogen and oxygen atoms in total. The smallest absolute Gasteiger partial charge is 0.0535 e. The van der Waals surface area contributed by atoms with Gasteiger partial charge in [-0.05, 0) is 163 Å². The van der Waals surface area contributed by atoms with Crippen LogP contribution in [0.4, 0.5) is 0 Å². The van der Waals surface area contributed by atoms with E-state index in [0.29, 0.717) is 11.8 Å². The van der Waals surface area contributed by atoms with Gasteiger partial charge in [0.25, 0.3) is 0 Å². The predicted molar refractivity (Wildman–Crippen MR) is 301 cm³/mol. The number of benzene rings is 9. The molecule has 13 rings (SSSR count). The first-order chi connectivity index (χ1) is 35.2. The number of aromatic nitrogens is 2. The Balaban J connectivity index is 1.17. The lowest BCUT2D eigenvalue weighted by atomic mass is 9.82. The maximum atomic E-state index is 2.61. The zero-order valence-corrected chi connectivity index (χ0v) is 40.0. The largest absolute Gasteiger partial charge is 0.313 e. The summed E-state index contributed by atoms with van der Waals surface area (Å²) in [6, 6.07) is 81.4. The number of rotatable bonds is 9. The van der Waals surface area contributed by atoms with Crippen LogP contribution in [0.5, 0.6) is 0 Å². The van der Waals surface area contributed by atoms with Crippen LogP contribution in [0.2, 0.25) is 0 Å². The number of allylic oxidation sites excluding steroid dienone is 6. The van der Waals surface area contributed by atoms with Gasteiger partial charge in [-0.3, -0.25) is 0 Å². The SMILES string of the molecule is CC1C=CCC(c2ccc(C3=CCCC=C3)n2-c2ccc3c(-c4ccccc4-c4ccccc4)c4cc(-n5c(-c6ccccc6)ccc5-c5ccccc5)ccc4c(-c4cccc5ccccc45)c3c2)C1. The fourth-order valence-electron chi connectivity index (χ4n) is 11.9. The van der Waals surface area contributed by atoms with E-state index < -0.39 is 0 Å². The molecule has 0 bridgehead atoms. The summed E-state index contributed by atoms with van der Waals surface area (Å²) in [7, 11) is 0. The average molecular weight is 911 g/mol. The van der Waals surface area contributed by atoms with E-state index in [0.717, 1.165) is 42.8 Å². The van der Waals surface area contributed by atoms with Gasteiger partial charge in [-0.1, -0.05) is 207 Å². The summed E-state index contributed by atoms with van der Waals surface area (Å²) in [5.41, 5.74) is 18.3. The minimum Gasteiger partial charge on any atom is -0.313 e. The molecule has 0 N–H and O–H groups in total. The van der Waals surface area contributed by atoms with Crippen LogP contribution in [-0.4, -0.2) is 9.13 Å². The highest BCUT2D eigenvalue weighted by Crippen LogP contribution is 2.49. The van der Waals surface area contributed by atoms with Gasteiger partial charge in [0.05, 0.1) is 17.1 Å². The normalized spacial score (nSPS) is 15.7. The van der Waals surface area contributed by atoms with E-state index in [2.05, 4.69) is 265 Å². The Kier molecular flexibility index (Phi) is 10.9. The molecule has 0 saturated heterocycles. The molecule has 2 aromatic heterocycles. The molecule has 2 aliphatic rings. The third kappa shape index (κ3) is 7.59. The van der Waals surface area contributed by atoms with Crippen LogP contribution in [0.15, 0.2) is 249 Å².